The minimum absolute atomic E-state index is 0.860. The number of unbranched alkanes of at least 4 members (excludes halogenated alkanes) is 5. The monoisotopic (exact) mass is 489 g/mol. The molecule has 0 aliphatic rings. The Labute approximate surface area is 222 Å². The van der Waals surface area contributed by atoms with Gasteiger partial charge < -0.3 is 0 Å². The van der Waals surface area contributed by atoms with E-state index in [4.69, 9.17) is 5.11 Å². The second-order valence-corrected chi connectivity index (χ2v) is 10.4. The summed E-state index contributed by atoms with van der Waals surface area (Å²) >= 11 is 0. The molecule has 0 fully saturated rings. The van der Waals surface area contributed by atoms with E-state index in [9.17, 15) is 0 Å². The van der Waals surface area contributed by atoms with Crippen molar-refractivity contribution in [1.82, 2.24) is 0 Å². The Morgan fingerprint density at radius 2 is 1.42 bits per heavy atom. The van der Waals surface area contributed by atoms with Crippen LogP contribution in [0.4, 0.5) is 5.69 Å². The highest BCUT2D eigenvalue weighted by molar-refractivity contribution is 5.56. The van der Waals surface area contributed by atoms with Crippen molar-refractivity contribution in [3.05, 3.63) is 69.4 Å². The lowest BCUT2D eigenvalue weighted by Crippen LogP contribution is -2.06. The Balaban J connectivity index is 2.38. The number of allylic oxidation sites excluding steroid dienone is 1. The number of azo groups is 2. The van der Waals surface area contributed by atoms with Crippen molar-refractivity contribution >= 4 is 11.8 Å². The lowest BCUT2D eigenvalue weighted by Gasteiger charge is -2.16. The van der Waals surface area contributed by atoms with E-state index in [2.05, 4.69) is 89.6 Å². The van der Waals surface area contributed by atoms with Gasteiger partial charge in [0.2, 0.25) is 5.70 Å². The summed E-state index contributed by atoms with van der Waals surface area (Å²) in [7, 11) is 0. The molecule has 2 heteroatoms. The van der Waals surface area contributed by atoms with Crippen LogP contribution >= 0.6 is 0 Å². The Bertz CT molecular complexity index is 996. The van der Waals surface area contributed by atoms with Crippen LogP contribution in [0.25, 0.3) is 6.08 Å². The van der Waals surface area contributed by atoms with Gasteiger partial charge in [0, 0.05) is 13.0 Å². The first kappa shape index (κ1) is 30.0. The van der Waals surface area contributed by atoms with Crippen molar-refractivity contribution in [2.75, 3.05) is 6.54 Å². The van der Waals surface area contributed by atoms with Crippen LogP contribution in [0.3, 0.4) is 0 Å². The number of hydrogen-bond acceptors (Lipinski definition) is 1. The average Bonchev–Trinajstić information content (AvgIpc) is 2.88. The minimum Gasteiger partial charge on any atom is -0.0885 e. The van der Waals surface area contributed by atoms with E-state index in [1.807, 2.05) is 0 Å². The zero-order chi connectivity index (χ0) is 26.3. The van der Waals surface area contributed by atoms with Crippen molar-refractivity contribution in [2.45, 2.75) is 126 Å². The van der Waals surface area contributed by atoms with Crippen LogP contribution < -0.4 is 0 Å². The molecule has 0 aliphatic heterocycles. The fourth-order valence-electron chi connectivity index (χ4n) is 5.07. The van der Waals surface area contributed by atoms with Crippen molar-refractivity contribution in [1.29, 1.82) is 0 Å². The van der Waals surface area contributed by atoms with E-state index in [1.165, 1.54) is 86.6 Å². The van der Waals surface area contributed by atoms with Gasteiger partial charge in [0.15, 0.2) is 6.54 Å². The van der Waals surface area contributed by atoms with Crippen molar-refractivity contribution in [2.24, 2.45) is 5.11 Å². The molecule has 2 nitrogen and oxygen atoms in total. The topological polar surface area (TPSA) is 15.4 Å². The molecule has 2 aromatic carbocycles. The summed E-state index contributed by atoms with van der Waals surface area (Å²) in [6.45, 7) is 16.6. The number of rotatable bonds is 16. The second kappa shape index (κ2) is 16.5. The molecule has 0 N–H and O–H groups in total. The van der Waals surface area contributed by atoms with Crippen LogP contribution in [0.2, 0.25) is 0 Å². The molecular weight excluding hydrogens is 436 g/mol. The molecule has 0 saturated heterocycles. The third-order valence-electron chi connectivity index (χ3n) is 7.37. The number of benzene rings is 2. The molecule has 2 aromatic rings. The van der Waals surface area contributed by atoms with E-state index < -0.39 is 0 Å². The summed E-state index contributed by atoms with van der Waals surface area (Å²) in [5.41, 5.74) is 11.1. The lowest BCUT2D eigenvalue weighted by molar-refractivity contribution is -0.537. The highest BCUT2D eigenvalue weighted by atomic mass is 15.3. The van der Waals surface area contributed by atoms with Gasteiger partial charge in [-0.2, -0.15) is 0 Å². The molecule has 0 saturated carbocycles. The van der Waals surface area contributed by atoms with Gasteiger partial charge in [-0.25, -0.2) is 0 Å². The fraction of sp³-hybridized carbons (Fsp3) is 0.588. The van der Waals surface area contributed by atoms with E-state index in [1.54, 1.807) is 16.7 Å². The molecule has 36 heavy (non-hydrogen) atoms. The molecule has 0 spiro atoms. The number of aryl methyl sites for hydroxylation is 4. The smallest absolute Gasteiger partial charge is 0.0885 e. The standard InChI is InChI=1S/C34H53N2/c1-8-13-16-17-20-34-30(11-4)24-29(25-32(34)19-15-10-3)23-28(7)36(12-5)35-33-22-21-27(6)31(26-33)18-14-9-2/h21-26H,8-20H2,1-7H3/q+1. The first-order valence-corrected chi connectivity index (χ1v) is 14.9. The maximum absolute atomic E-state index is 5.04. The van der Waals surface area contributed by atoms with E-state index in [0.29, 0.717) is 0 Å². The van der Waals surface area contributed by atoms with Crippen LogP contribution in [0, 0.1) is 6.92 Å². The van der Waals surface area contributed by atoms with Crippen molar-refractivity contribution < 1.29 is 4.70 Å². The Kier molecular flexibility index (Phi) is 13.8. The van der Waals surface area contributed by atoms with E-state index >= 15 is 0 Å². The maximum Gasteiger partial charge on any atom is 0.206 e. The second-order valence-electron chi connectivity index (χ2n) is 10.4. The Morgan fingerprint density at radius 1 is 0.750 bits per heavy atom. The largest absolute Gasteiger partial charge is 0.206 e. The van der Waals surface area contributed by atoms with Crippen LogP contribution in [0.5, 0.6) is 0 Å². The summed E-state index contributed by atoms with van der Waals surface area (Å²) < 4.78 is 2.16. The van der Waals surface area contributed by atoms with Gasteiger partial charge in [-0.3, -0.25) is 0 Å². The average molecular weight is 490 g/mol. The zero-order valence-corrected chi connectivity index (χ0v) is 24.6. The first-order valence-electron chi connectivity index (χ1n) is 14.9. The highest BCUT2D eigenvalue weighted by Crippen LogP contribution is 2.26. The fourth-order valence-corrected chi connectivity index (χ4v) is 5.07. The predicted molar refractivity (Wildman–Crippen MR) is 159 cm³/mol. The third kappa shape index (κ3) is 9.34. The van der Waals surface area contributed by atoms with Gasteiger partial charge in [-0.1, -0.05) is 82.7 Å². The minimum atomic E-state index is 0.860. The summed E-state index contributed by atoms with van der Waals surface area (Å²) in [6.07, 6.45) is 17.3. The summed E-state index contributed by atoms with van der Waals surface area (Å²) in [4.78, 5) is 0. The van der Waals surface area contributed by atoms with Gasteiger partial charge in [-0.15, -0.1) is 0 Å². The summed E-state index contributed by atoms with van der Waals surface area (Å²) in [5, 5.41) is 5.04. The van der Waals surface area contributed by atoms with Gasteiger partial charge in [-0.05, 0) is 109 Å². The molecule has 0 heterocycles. The Morgan fingerprint density at radius 3 is 2.06 bits per heavy atom. The van der Waals surface area contributed by atoms with E-state index in [0.717, 1.165) is 25.1 Å². The van der Waals surface area contributed by atoms with Crippen LogP contribution in [0.15, 0.2) is 41.1 Å². The number of hydrogen-bond donors (Lipinski definition) is 0. The Hall–Kier alpha value is -2.22. The van der Waals surface area contributed by atoms with Gasteiger partial charge in [0.05, 0.1) is 0 Å². The molecular formula is C34H53N2+. The first-order chi connectivity index (χ1) is 17.5. The molecule has 2 rings (SSSR count). The van der Waals surface area contributed by atoms with Gasteiger partial charge >= 0.3 is 0 Å². The molecule has 0 unspecified atom stereocenters. The lowest BCUT2D eigenvalue weighted by atomic mass is 9.89. The maximum atomic E-state index is 5.04. The van der Waals surface area contributed by atoms with Crippen molar-refractivity contribution in [3.8, 4) is 0 Å². The van der Waals surface area contributed by atoms with Crippen molar-refractivity contribution in [3.63, 3.8) is 0 Å². The summed E-state index contributed by atoms with van der Waals surface area (Å²) in [6, 6.07) is 11.6. The molecule has 0 bridgehead atoms. The molecule has 0 atom stereocenters. The molecule has 198 valence electrons. The number of nitrogens with zero attached hydrogens (tertiary/aromatic N) is 2. The molecule has 0 aliphatic carbocycles. The molecule has 0 amide bonds. The van der Waals surface area contributed by atoms with Crippen LogP contribution in [-0.2, 0) is 25.7 Å². The third-order valence-corrected chi connectivity index (χ3v) is 7.37. The normalized spacial score (nSPS) is 12.4. The highest BCUT2D eigenvalue weighted by Gasteiger charge is 2.13. The van der Waals surface area contributed by atoms with E-state index in [-0.39, 0.29) is 0 Å². The SMILES string of the molecule is CCCCCCc1c(CC)cc(C=C(C)[N+](CC)=Nc2ccc(C)c(CCCC)c2)cc1CCCC. The summed E-state index contributed by atoms with van der Waals surface area (Å²) in [5.74, 6) is 0. The quantitative estimate of drug-likeness (QED) is 0.127. The molecule has 0 aromatic heterocycles. The van der Waals surface area contributed by atoms with Gasteiger partial charge in [0.1, 0.15) is 5.69 Å². The van der Waals surface area contributed by atoms with Crippen LogP contribution in [0.1, 0.15) is 126 Å². The van der Waals surface area contributed by atoms with Gasteiger partial charge in [0.25, 0.3) is 0 Å². The van der Waals surface area contributed by atoms with Crippen LogP contribution in [-0.4, -0.2) is 11.2 Å². The zero-order valence-electron chi connectivity index (χ0n) is 24.6. The molecule has 0 radical (unpaired) electrons. The predicted octanol–water partition coefficient (Wildman–Crippen LogP) is 10.5.